The lowest BCUT2D eigenvalue weighted by atomic mass is 10.1. The van der Waals surface area contributed by atoms with Gasteiger partial charge in [-0.05, 0) is 38.5 Å². The summed E-state index contributed by atoms with van der Waals surface area (Å²) in [4.78, 5) is 13.6. The lowest BCUT2D eigenvalue weighted by Crippen LogP contribution is -2.35. The first-order valence-corrected chi connectivity index (χ1v) is 7.35. The Labute approximate surface area is 122 Å². The number of carbonyl (C=O) groups is 1. The summed E-state index contributed by atoms with van der Waals surface area (Å²) in [7, 11) is 0. The molecule has 2 heterocycles. The summed E-state index contributed by atoms with van der Waals surface area (Å²) in [5.74, 6) is 0.285. The average Bonchev–Trinajstić information content (AvgIpc) is 2.93. The average molecular weight is 300 g/mol. The first kappa shape index (κ1) is 14.8. The van der Waals surface area contributed by atoms with Crippen molar-refractivity contribution in [3.8, 4) is 5.19 Å². The molecule has 0 saturated carbocycles. The van der Waals surface area contributed by atoms with E-state index in [9.17, 15) is 4.79 Å². The smallest absolute Gasteiger partial charge is 0.410 e. The number of likely N-dealkylation sites (tertiary alicyclic amines) is 1. The molecule has 1 amide bonds. The molecule has 112 valence electrons. The maximum absolute atomic E-state index is 11.9. The van der Waals surface area contributed by atoms with E-state index in [1.807, 2.05) is 20.8 Å². The van der Waals surface area contributed by atoms with Crippen molar-refractivity contribution in [2.24, 2.45) is 5.92 Å². The molecule has 1 aromatic rings. The van der Waals surface area contributed by atoms with Gasteiger partial charge in [0.05, 0.1) is 6.61 Å². The van der Waals surface area contributed by atoms with Gasteiger partial charge in [-0.2, -0.15) is 0 Å². The van der Waals surface area contributed by atoms with E-state index in [1.54, 1.807) is 4.90 Å². The number of hydrogen-bond acceptors (Lipinski definition) is 7. The molecule has 0 aromatic carbocycles. The molecule has 0 unspecified atom stereocenters. The minimum atomic E-state index is -0.463. The molecule has 0 radical (unpaired) electrons. The number of nitrogens with zero attached hydrogens (tertiary/aromatic N) is 3. The van der Waals surface area contributed by atoms with Crippen molar-refractivity contribution in [2.75, 3.05) is 25.4 Å². The fraction of sp³-hybridized carbons (Fsp3) is 0.750. The van der Waals surface area contributed by atoms with Crippen LogP contribution in [0.3, 0.4) is 0 Å². The lowest BCUT2D eigenvalue weighted by molar-refractivity contribution is 0.0285. The molecule has 2 N–H and O–H groups in total. The summed E-state index contributed by atoms with van der Waals surface area (Å²) in [5.41, 5.74) is 5.02. The molecule has 1 fully saturated rings. The molecule has 8 heteroatoms. The Morgan fingerprint density at radius 1 is 1.50 bits per heavy atom. The molecule has 0 bridgehead atoms. The van der Waals surface area contributed by atoms with E-state index in [-0.39, 0.29) is 12.0 Å². The Morgan fingerprint density at radius 3 is 2.85 bits per heavy atom. The Balaban J connectivity index is 1.76. The second-order valence-corrected chi connectivity index (χ2v) is 6.77. The van der Waals surface area contributed by atoms with Crippen molar-refractivity contribution in [3.05, 3.63) is 0 Å². The van der Waals surface area contributed by atoms with E-state index < -0.39 is 5.60 Å². The lowest BCUT2D eigenvalue weighted by Gasteiger charge is -2.24. The molecule has 1 aliphatic rings. The summed E-state index contributed by atoms with van der Waals surface area (Å²) in [6.45, 7) is 7.43. The summed E-state index contributed by atoms with van der Waals surface area (Å²) < 4.78 is 10.9. The second-order valence-electron chi connectivity index (χ2n) is 5.80. The van der Waals surface area contributed by atoms with Crippen molar-refractivity contribution in [2.45, 2.75) is 32.8 Å². The molecular formula is C12H20N4O3S. The number of amides is 1. The Morgan fingerprint density at radius 2 is 2.25 bits per heavy atom. The monoisotopic (exact) mass is 300 g/mol. The summed E-state index contributed by atoms with van der Waals surface area (Å²) in [5, 5.41) is 8.34. The van der Waals surface area contributed by atoms with E-state index in [0.29, 0.717) is 30.0 Å². The van der Waals surface area contributed by atoms with Gasteiger partial charge < -0.3 is 20.1 Å². The van der Waals surface area contributed by atoms with Crippen molar-refractivity contribution in [1.29, 1.82) is 0 Å². The van der Waals surface area contributed by atoms with Crippen LogP contribution in [0.2, 0.25) is 0 Å². The van der Waals surface area contributed by atoms with E-state index >= 15 is 0 Å². The van der Waals surface area contributed by atoms with Crippen molar-refractivity contribution in [1.82, 2.24) is 15.1 Å². The molecule has 1 saturated heterocycles. The van der Waals surface area contributed by atoms with Crippen LogP contribution in [0, 0.1) is 5.92 Å². The van der Waals surface area contributed by atoms with Gasteiger partial charge in [-0.1, -0.05) is 5.10 Å². The van der Waals surface area contributed by atoms with Gasteiger partial charge in [0.1, 0.15) is 5.60 Å². The summed E-state index contributed by atoms with van der Waals surface area (Å²) in [6.07, 6.45) is 0.633. The SMILES string of the molecule is CC(C)(C)OC(=O)N1CC[C@@H](COc2nnc(N)s2)C1. The van der Waals surface area contributed by atoms with Crippen LogP contribution in [0.1, 0.15) is 27.2 Å². The number of carbonyl (C=O) groups excluding carboxylic acids is 1. The topological polar surface area (TPSA) is 90.6 Å². The molecule has 2 rings (SSSR count). The first-order chi connectivity index (χ1) is 9.33. The quantitative estimate of drug-likeness (QED) is 0.914. The van der Waals surface area contributed by atoms with E-state index in [0.717, 1.165) is 6.42 Å². The van der Waals surface area contributed by atoms with Crippen LogP contribution in [0.5, 0.6) is 5.19 Å². The Hall–Kier alpha value is -1.57. The summed E-state index contributed by atoms with van der Waals surface area (Å²) >= 11 is 1.21. The van der Waals surface area contributed by atoms with Crippen LogP contribution in [-0.2, 0) is 4.74 Å². The van der Waals surface area contributed by atoms with Gasteiger partial charge >= 0.3 is 6.09 Å². The second kappa shape index (κ2) is 5.82. The highest BCUT2D eigenvalue weighted by atomic mass is 32.1. The zero-order chi connectivity index (χ0) is 14.8. The molecule has 1 aromatic heterocycles. The molecule has 1 atom stereocenters. The van der Waals surface area contributed by atoms with E-state index in [1.165, 1.54) is 11.3 Å². The van der Waals surface area contributed by atoms with Crippen LogP contribution in [0.15, 0.2) is 0 Å². The minimum absolute atomic E-state index is 0.264. The number of anilines is 1. The highest BCUT2D eigenvalue weighted by molar-refractivity contribution is 7.16. The largest absolute Gasteiger partial charge is 0.469 e. The highest BCUT2D eigenvalue weighted by Crippen LogP contribution is 2.23. The van der Waals surface area contributed by atoms with Gasteiger partial charge in [0, 0.05) is 19.0 Å². The van der Waals surface area contributed by atoms with Crippen LogP contribution >= 0.6 is 11.3 Å². The number of nitrogens with two attached hydrogens (primary N) is 1. The van der Waals surface area contributed by atoms with Crippen LogP contribution < -0.4 is 10.5 Å². The van der Waals surface area contributed by atoms with Crippen molar-refractivity contribution >= 4 is 22.6 Å². The molecule has 20 heavy (non-hydrogen) atoms. The maximum Gasteiger partial charge on any atom is 0.410 e. The van der Waals surface area contributed by atoms with Gasteiger partial charge in [-0.3, -0.25) is 0 Å². The van der Waals surface area contributed by atoms with Crippen molar-refractivity contribution in [3.63, 3.8) is 0 Å². The van der Waals surface area contributed by atoms with Gasteiger partial charge in [0.2, 0.25) is 5.13 Å². The van der Waals surface area contributed by atoms with Gasteiger partial charge in [0.15, 0.2) is 0 Å². The van der Waals surface area contributed by atoms with Gasteiger partial charge in [0.25, 0.3) is 5.19 Å². The van der Waals surface area contributed by atoms with Crippen molar-refractivity contribution < 1.29 is 14.3 Å². The van der Waals surface area contributed by atoms with Gasteiger partial charge in [-0.15, -0.1) is 5.10 Å². The predicted molar refractivity (Wildman–Crippen MR) is 75.7 cm³/mol. The number of nitrogen functional groups attached to an aromatic ring is 1. The molecule has 0 aliphatic carbocycles. The number of hydrogen-bond donors (Lipinski definition) is 1. The Bertz CT molecular complexity index is 472. The van der Waals surface area contributed by atoms with Crippen LogP contribution in [-0.4, -0.2) is 46.5 Å². The van der Waals surface area contributed by atoms with E-state index in [4.69, 9.17) is 15.2 Å². The third-order valence-electron chi connectivity index (χ3n) is 2.80. The van der Waals surface area contributed by atoms with Crippen LogP contribution in [0.25, 0.3) is 0 Å². The first-order valence-electron chi connectivity index (χ1n) is 6.53. The fourth-order valence-electron chi connectivity index (χ4n) is 1.93. The molecule has 7 nitrogen and oxygen atoms in total. The maximum atomic E-state index is 11.9. The highest BCUT2D eigenvalue weighted by Gasteiger charge is 2.30. The van der Waals surface area contributed by atoms with Gasteiger partial charge in [-0.25, -0.2) is 4.79 Å². The number of rotatable bonds is 3. The van der Waals surface area contributed by atoms with E-state index in [2.05, 4.69) is 10.2 Å². The third kappa shape index (κ3) is 4.22. The predicted octanol–water partition coefficient (Wildman–Crippen LogP) is 1.76. The fourth-order valence-corrected chi connectivity index (χ4v) is 2.40. The zero-order valence-electron chi connectivity index (χ0n) is 12.0. The number of aromatic nitrogens is 2. The normalized spacial score (nSPS) is 19.1. The zero-order valence-corrected chi connectivity index (χ0v) is 12.8. The Kier molecular flexibility index (Phi) is 4.32. The minimum Gasteiger partial charge on any atom is -0.469 e. The van der Waals surface area contributed by atoms with Crippen LogP contribution in [0.4, 0.5) is 9.93 Å². The standard InChI is InChI=1S/C12H20N4O3S/c1-12(2,3)19-11(17)16-5-4-8(6-16)7-18-10-15-14-9(13)20-10/h8H,4-7H2,1-3H3,(H2,13,14)/t8-/m1/s1. The molecular weight excluding hydrogens is 280 g/mol. The molecule has 1 aliphatic heterocycles. The third-order valence-corrected chi connectivity index (χ3v) is 3.47. The molecule has 0 spiro atoms. The number of ether oxygens (including phenoxy) is 2. The summed E-state index contributed by atoms with van der Waals surface area (Å²) in [6, 6.07) is 0.